The molecule has 130 valence electrons. The molecule has 0 saturated heterocycles. The fraction of sp³-hybridized carbons (Fsp3) is 0.833. The fourth-order valence-corrected chi connectivity index (χ4v) is 3.55. The summed E-state index contributed by atoms with van der Waals surface area (Å²) in [5, 5.41) is 11.9. The lowest BCUT2D eigenvalue weighted by Gasteiger charge is -2.29. The van der Waals surface area contributed by atoms with Crippen LogP contribution in [0.15, 0.2) is 11.8 Å². The Morgan fingerprint density at radius 2 is 2.04 bits per heavy atom. The van der Waals surface area contributed by atoms with Crippen molar-refractivity contribution >= 4 is 5.91 Å². The molecule has 0 unspecified atom stereocenters. The molecule has 3 aliphatic rings. The first-order chi connectivity index (χ1) is 11.3. The predicted octanol–water partition coefficient (Wildman–Crippen LogP) is 2.49. The minimum atomic E-state index is -0.325. The lowest BCUT2D eigenvalue weighted by molar-refractivity contribution is -0.150. The van der Waals surface area contributed by atoms with Crippen LogP contribution < -0.4 is 5.32 Å². The van der Waals surface area contributed by atoms with Gasteiger partial charge in [0.05, 0.1) is 6.61 Å². The Morgan fingerprint density at radius 1 is 1.26 bits per heavy atom. The summed E-state index contributed by atoms with van der Waals surface area (Å²) in [5.74, 6) is 1.46. The van der Waals surface area contributed by atoms with E-state index in [-0.39, 0.29) is 18.8 Å². The third kappa shape index (κ3) is 4.95. The molecule has 0 aromatic carbocycles. The molecule has 1 amide bonds. The Hall–Kier alpha value is -1.07. The van der Waals surface area contributed by atoms with E-state index in [1.165, 1.54) is 25.7 Å². The zero-order valence-electron chi connectivity index (χ0n) is 13.8. The van der Waals surface area contributed by atoms with Gasteiger partial charge in [-0.05, 0) is 56.4 Å². The van der Waals surface area contributed by atoms with E-state index in [2.05, 4.69) is 5.32 Å². The molecule has 2 atom stereocenters. The first-order valence-corrected chi connectivity index (χ1v) is 9.18. The molecule has 2 saturated carbocycles. The monoisotopic (exact) mass is 323 g/mol. The second kappa shape index (κ2) is 8.15. The second-order valence-electron chi connectivity index (χ2n) is 7.07. The predicted molar refractivity (Wildman–Crippen MR) is 86.5 cm³/mol. The van der Waals surface area contributed by atoms with Crippen LogP contribution in [-0.2, 0) is 14.3 Å². The van der Waals surface area contributed by atoms with Crippen LogP contribution in [0.2, 0.25) is 0 Å². The van der Waals surface area contributed by atoms with Gasteiger partial charge in [0.1, 0.15) is 0 Å². The van der Waals surface area contributed by atoms with Gasteiger partial charge in [0.15, 0.2) is 5.76 Å². The van der Waals surface area contributed by atoms with Crippen LogP contribution in [-0.4, -0.2) is 36.6 Å². The van der Waals surface area contributed by atoms with Crippen LogP contribution in [0.4, 0.5) is 0 Å². The van der Waals surface area contributed by atoms with Gasteiger partial charge >= 0.3 is 0 Å². The number of hydrogen-bond donors (Lipinski definition) is 2. The van der Waals surface area contributed by atoms with Gasteiger partial charge in [0.2, 0.25) is 6.29 Å². The summed E-state index contributed by atoms with van der Waals surface area (Å²) >= 11 is 0. The van der Waals surface area contributed by atoms with Gasteiger partial charge in [-0.25, -0.2) is 0 Å². The number of nitrogens with one attached hydrogen (secondary N) is 1. The topological polar surface area (TPSA) is 67.8 Å². The fourth-order valence-electron chi connectivity index (χ4n) is 3.55. The van der Waals surface area contributed by atoms with Gasteiger partial charge in [-0.15, -0.1) is 0 Å². The third-order valence-corrected chi connectivity index (χ3v) is 5.09. The molecular formula is C18H29NO4. The van der Waals surface area contributed by atoms with E-state index < -0.39 is 0 Å². The van der Waals surface area contributed by atoms with E-state index in [4.69, 9.17) is 14.6 Å². The molecule has 5 heteroatoms. The van der Waals surface area contributed by atoms with Crippen molar-refractivity contribution in [1.29, 1.82) is 0 Å². The molecule has 0 bridgehead atoms. The van der Waals surface area contributed by atoms with E-state index in [9.17, 15) is 4.79 Å². The number of carbonyl (C=O) groups is 1. The molecule has 2 fully saturated rings. The highest BCUT2D eigenvalue weighted by molar-refractivity contribution is 5.91. The first kappa shape index (κ1) is 16.8. The highest BCUT2D eigenvalue weighted by atomic mass is 16.7. The van der Waals surface area contributed by atoms with E-state index in [1.807, 2.05) is 6.08 Å². The third-order valence-electron chi connectivity index (χ3n) is 5.09. The zero-order valence-corrected chi connectivity index (χ0v) is 13.8. The van der Waals surface area contributed by atoms with Crippen molar-refractivity contribution in [3.63, 3.8) is 0 Å². The molecule has 3 rings (SSSR count). The Labute approximate surface area is 138 Å². The molecule has 5 nitrogen and oxygen atoms in total. The van der Waals surface area contributed by atoms with Gasteiger partial charge < -0.3 is 19.9 Å². The van der Waals surface area contributed by atoms with Crippen molar-refractivity contribution in [3.05, 3.63) is 11.8 Å². The van der Waals surface area contributed by atoms with Crippen molar-refractivity contribution in [3.8, 4) is 0 Å². The number of ether oxygens (including phenoxy) is 2. The van der Waals surface area contributed by atoms with Crippen LogP contribution in [0.3, 0.4) is 0 Å². The number of allylic oxidation sites excluding steroid dienone is 1. The zero-order chi connectivity index (χ0) is 16.1. The second-order valence-corrected chi connectivity index (χ2v) is 7.07. The summed E-state index contributed by atoms with van der Waals surface area (Å²) in [7, 11) is 0. The minimum absolute atomic E-state index is 0.0776. The number of carbonyl (C=O) groups excluding carboxylic acids is 1. The molecule has 0 radical (unpaired) electrons. The van der Waals surface area contributed by atoms with Crippen molar-refractivity contribution in [1.82, 2.24) is 5.32 Å². The van der Waals surface area contributed by atoms with Crippen LogP contribution in [0.5, 0.6) is 0 Å². The Kier molecular flexibility index (Phi) is 5.95. The average Bonchev–Trinajstić information content (AvgIpc) is 3.29. The number of hydrogen-bond acceptors (Lipinski definition) is 4. The maximum atomic E-state index is 12.5. The molecule has 1 aliphatic heterocycles. The Morgan fingerprint density at radius 3 is 2.74 bits per heavy atom. The van der Waals surface area contributed by atoms with E-state index in [0.29, 0.717) is 30.2 Å². The molecule has 1 heterocycles. The van der Waals surface area contributed by atoms with Gasteiger partial charge in [-0.2, -0.15) is 0 Å². The number of aliphatic hydroxyl groups is 1. The lowest BCUT2D eigenvalue weighted by atomic mass is 9.96. The number of unbranched alkanes of at least 4 members (excludes halogenated alkanes) is 1. The van der Waals surface area contributed by atoms with E-state index in [0.717, 1.165) is 32.1 Å². The van der Waals surface area contributed by atoms with Crippen LogP contribution in [0, 0.1) is 11.8 Å². The number of aliphatic hydroxyl groups excluding tert-OH is 1. The molecule has 0 aromatic heterocycles. The van der Waals surface area contributed by atoms with E-state index >= 15 is 0 Å². The number of amides is 1. The van der Waals surface area contributed by atoms with Crippen molar-refractivity contribution in [2.45, 2.75) is 70.1 Å². The van der Waals surface area contributed by atoms with Crippen LogP contribution in [0.1, 0.15) is 57.8 Å². The van der Waals surface area contributed by atoms with Crippen LogP contribution in [0.25, 0.3) is 0 Å². The summed E-state index contributed by atoms with van der Waals surface area (Å²) in [5.41, 5.74) is 0. The Bertz CT molecular complexity index is 427. The Balaban J connectivity index is 1.54. The summed E-state index contributed by atoms with van der Waals surface area (Å²) in [6.07, 6.45) is 11.1. The SMILES string of the molecule is O=C(NC1CCCC1)C1=C[C@@H](C2CC2)C[C@@H](OCCCCO)O1. The molecule has 2 N–H and O–H groups in total. The highest BCUT2D eigenvalue weighted by Crippen LogP contribution is 2.42. The molecule has 0 spiro atoms. The van der Waals surface area contributed by atoms with Crippen molar-refractivity contribution in [2.75, 3.05) is 13.2 Å². The largest absolute Gasteiger partial charge is 0.459 e. The lowest BCUT2D eigenvalue weighted by Crippen LogP contribution is -2.38. The normalized spacial score (nSPS) is 28.3. The van der Waals surface area contributed by atoms with Gasteiger partial charge in [-0.1, -0.05) is 12.8 Å². The van der Waals surface area contributed by atoms with Crippen LogP contribution >= 0.6 is 0 Å². The molecule has 2 aliphatic carbocycles. The summed E-state index contributed by atoms with van der Waals surface area (Å²) < 4.78 is 11.6. The maximum Gasteiger partial charge on any atom is 0.286 e. The molecule has 23 heavy (non-hydrogen) atoms. The van der Waals surface area contributed by atoms with Gasteiger partial charge in [0, 0.05) is 19.1 Å². The van der Waals surface area contributed by atoms with Crippen molar-refractivity contribution in [2.24, 2.45) is 11.8 Å². The summed E-state index contributed by atoms with van der Waals surface area (Å²) in [6, 6.07) is 0.303. The number of rotatable bonds is 8. The van der Waals surface area contributed by atoms with E-state index in [1.54, 1.807) is 0 Å². The maximum absolute atomic E-state index is 12.5. The standard InChI is InChI=1S/C18H29NO4/c20-9-3-4-10-22-17-12-14(13-7-8-13)11-16(23-17)18(21)19-15-5-1-2-6-15/h11,13-15,17,20H,1-10,12H2,(H,19,21)/t14-,17+/m1/s1. The van der Waals surface area contributed by atoms with Crippen molar-refractivity contribution < 1.29 is 19.4 Å². The average molecular weight is 323 g/mol. The molecular weight excluding hydrogens is 294 g/mol. The molecule has 0 aromatic rings. The summed E-state index contributed by atoms with van der Waals surface area (Å²) in [4.78, 5) is 12.5. The quantitative estimate of drug-likeness (QED) is 0.674. The minimum Gasteiger partial charge on any atom is -0.459 e. The highest BCUT2D eigenvalue weighted by Gasteiger charge is 2.37. The smallest absolute Gasteiger partial charge is 0.286 e. The van der Waals surface area contributed by atoms with Gasteiger partial charge in [0.25, 0.3) is 5.91 Å². The first-order valence-electron chi connectivity index (χ1n) is 9.18. The summed E-state index contributed by atoms with van der Waals surface area (Å²) in [6.45, 7) is 0.759. The van der Waals surface area contributed by atoms with Gasteiger partial charge in [-0.3, -0.25) is 4.79 Å².